The van der Waals surface area contributed by atoms with Gasteiger partial charge in [-0.05, 0) is 19.1 Å². The summed E-state index contributed by atoms with van der Waals surface area (Å²) >= 11 is 1.87. The second-order valence-corrected chi connectivity index (χ2v) is 3.56. The lowest BCUT2D eigenvalue weighted by atomic mass is 10.6. The maximum absolute atomic E-state index is 4.90. The molecule has 74 valence electrons. The zero-order chi connectivity index (χ0) is 9.40. The van der Waals surface area contributed by atoms with Gasteiger partial charge in [0, 0.05) is 25.7 Å². The molecule has 0 aromatic heterocycles. The van der Waals surface area contributed by atoms with Crippen LogP contribution in [0, 0.1) is 0 Å². The van der Waals surface area contributed by atoms with Gasteiger partial charge in [-0.25, -0.2) is 4.31 Å². The van der Waals surface area contributed by atoms with Crippen molar-refractivity contribution in [2.45, 2.75) is 25.8 Å². The van der Waals surface area contributed by atoms with E-state index < -0.39 is 0 Å². The zero-order valence-electron chi connectivity index (χ0n) is 8.12. The van der Waals surface area contributed by atoms with Crippen LogP contribution in [0.1, 0.15) is 19.8 Å². The van der Waals surface area contributed by atoms with Crippen molar-refractivity contribution in [2.24, 2.45) is 11.5 Å². The quantitative estimate of drug-likeness (QED) is 0.641. The molecule has 3 nitrogen and oxygen atoms in total. The van der Waals surface area contributed by atoms with Crippen LogP contribution in [-0.2, 0) is 0 Å². The smallest absolute Gasteiger partial charge is 0.0203 e. The van der Waals surface area contributed by atoms with Crippen molar-refractivity contribution in [3.8, 4) is 0 Å². The number of rotatable bonds is 4. The molecule has 0 amide bonds. The molecule has 0 heterocycles. The van der Waals surface area contributed by atoms with Gasteiger partial charge < -0.3 is 11.5 Å². The normalized spacial score (nSPS) is 15.8. The zero-order valence-corrected chi connectivity index (χ0v) is 8.94. The Labute approximate surface area is 80.0 Å². The van der Waals surface area contributed by atoms with E-state index in [-0.39, 0.29) is 0 Å². The van der Waals surface area contributed by atoms with Crippen LogP contribution >= 0.6 is 11.9 Å². The number of hydrogen-bond acceptors (Lipinski definition) is 4. The monoisotopic (exact) mass is 191 g/mol. The molecule has 1 aliphatic carbocycles. The van der Waals surface area contributed by atoms with Crippen molar-refractivity contribution in [3.05, 3.63) is 0 Å². The lowest BCUT2D eigenvalue weighted by Gasteiger charge is -2.14. The summed E-state index contributed by atoms with van der Waals surface area (Å²) < 4.78 is 2.44. The Morgan fingerprint density at radius 1 is 1.33 bits per heavy atom. The highest BCUT2D eigenvalue weighted by Crippen LogP contribution is 2.30. The minimum Gasteiger partial charge on any atom is -0.329 e. The van der Waals surface area contributed by atoms with E-state index in [0.29, 0.717) is 13.1 Å². The van der Waals surface area contributed by atoms with Crippen LogP contribution in [-0.4, -0.2) is 36.2 Å². The van der Waals surface area contributed by atoms with Gasteiger partial charge in [0.2, 0.25) is 0 Å². The highest BCUT2D eigenvalue weighted by atomic mass is 32.2. The van der Waals surface area contributed by atoms with Crippen LogP contribution in [0.2, 0.25) is 0 Å². The van der Waals surface area contributed by atoms with Gasteiger partial charge in [0.05, 0.1) is 0 Å². The van der Waals surface area contributed by atoms with Crippen molar-refractivity contribution >= 4 is 11.9 Å². The molecule has 0 aromatic carbocycles. The molecule has 0 aliphatic heterocycles. The second kappa shape index (κ2) is 7.86. The Morgan fingerprint density at radius 2 is 1.83 bits per heavy atom. The molecule has 1 aliphatic rings. The fourth-order valence-electron chi connectivity index (χ4n) is 0.899. The number of nitrogens with zero attached hydrogens (tertiary/aromatic N) is 1. The van der Waals surface area contributed by atoms with Crippen LogP contribution < -0.4 is 11.5 Å². The Hall–Kier alpha value is 0.230. The predicted molar refractivity (Wildman–Crippen MR) is 57.0 cm³/mol. The number of nitrogens with two attached hydrogens (primary N) is 2. The van der Waals surface area contributed by atoms with E-state index >= 15 is 0 Å². The lowest BCUT2D eigenvalue weighted by molar-refractivity contribution is 0.490. The molecule has 0 unspecified atom stereocenters. The first-order chi connectivity index (χ1) is 5.79. The third-order valence-corrected chi connectivity index (χ3v) is 2.69. The topological polar surface area (TPSA) is 55.3 Å². The average molecular weight is 191 g/mol. The fourth-order valence-corrected chi connectivity index (χ4v) is 1.67. The fraction of sp³-hybridized carbons (Fsp3) is 1.00. The van der Waals surface area contributed by atoms with E-state index in [0.717, 1.165) is 6.04 Å². The molecule has 0 radical (unpaired) electrons. The van der Waals surface area contributed by atoms with Crippen LogP contribution in [0.15, 0.2) is 0 Å². The summed E-state index contributed by atoms with van der Waals surface area (Å²) in [6, 6.07) is 0.926. The standard InChI is InChI=1S/C6H13NS.C2H8N2/c1-3-7(8-2)6-4-5-6;3-1-2-4/h6H,3-5H2,1-2H3;1-4H2. The second-order valence-electron chi connectivity index (χ2n) is 2.72. The van der Waals surface area contributed by atoms with E-state index in [1.807, 2.05) is 11.9 Å². The summed E-state index contributed by atoms with van der Waals surface area (Å²) in [7, 11) is 0. The van der Waals surface area contributed by atoms with Gasteiger partial charge in [-0.15, -0.1) is 0 Å². The summed E-state index contributed by atoms with van der Waals surface area (Å²) in [5.74, 6) is 0. The lowest BCUT2D eigenvalue weighted by Crippen LogP contribution is -2.16. The first kappa shape index (κ1) is 12.2. The van der Waals surface area contributed by atoms with Crippen LogP contribution in [0.25, 0.3) is 0 Å². The summed E-state index contributed by atoms with van der Waals surface area (Å²) in [4.78, 5) is 0. The molecule has 0 saturated heterocycles. The van der Waals surface area contributed by atoms with Crippen molar-refractivity contribution < 1.29 is 0 Å². The van der Waals surface area contributed by atoms with Gasteiger partial charge in [0.15, 0.2) is 0 Å². The maximum atomic E-state index is 4.90. The molecular formula is C8H21N3S. The third kappa shape index (κ3) is 5.83. The highest BCUT2D eigenvalue weighted by molar-refractivity contribution is 7.96. The summed E-state index contributed by atoms with van der Waals surface area (Å²) in [5, 5.41) is 0. The Bertz CT molecular complexity index is 90.3. The summed E-state index contributed by atoms with van der Waals surface area (Å²) in [6.45, 7) is 4.61. The van der Waals surface area contributed by atoms with Gasteiger partial charge in [-0.1, -0.05) is 18.9 Å². The molecule has 1 rings (SSSR count). The first-order valence-corrected chi connectivity index (χ1v) is 5.69. The molecule has 1 fully saturated rings. The average Bonchev–Trinajstić information content (AvgIpc) is 2.91. The summed E-state index contributed by atoms with van der Waals surface area (Å²) in [6.07, 6.45) is 5.01. The Kier molecular flexibility index (Phi) is 8.01. The third-order valence-electron chi connectivity index (χ3n) is 1.67. The van der Waals surface area contributed by atoms with Gasteiger partial charge in [-0.3, -0.25) is 0 Å². The molecule has 0 atom stereocenters. The molecular weight excluding hydrogens is 170 g/mol. The van der Waals surface area contributed by atoms with E-state index in [1.54, 1.807) is 0 Å². The predicted octanol–water partition coefficient (Wildman–Crippen LogP) is 0.653. The largest absolute Gasteiger partial charge is 0.329 e. The summed E-state index contributed by atoms with van der Waals surface area (Å²) in [5.41, 5.74) is 9.81. The van der Waals surface area contributed by atoms with Crippen LogP contribution in [0.5, 0.6) is 0 Å². The van der Waals surface area contributed by atoms with E-state index in [4.69, 9.17) is 11.5 Å². The van der Waals surface area contributed by atoms with Gasteiger partial charge in [0.25, 0.3) is 0 Å². The Balaban J connectivity index is 0.000000261. The van der Waals surface area contributed by atoms with Crippen molar-refractivity contribution in [3.63, 3.8) is 0 Å². The van der Waals surface area contributed by atoms with Crippen LogP contribution in [0.4, 0.5) is 0 Å². The molecule has 0 spiro atoms. The van der Waals surface area contributed by atoms with E-state index in [2.05, 4.69) is 17.5 Å². The van der Waals surface area contributed by atoms with Crippen molar-refractivity contribution in [1.82, 2.24) is 4.31 Å². The van der Waals surface area contributed by atoms with Crippen LogP contribution in [0.3, 0.4) is 0 Å². The van der Waals surface area contributed by atoms with Gasteiger partial charge in [0.1, 0.15) is 0 Å². The molecule has 12 heavy (non-hydrogen) atoms. The molecule has 4 heteroatoms. The van der Waals surface area contributed by atoms with E-state index in [9.17, 15) is 0 Å². The van der Waals surface area contributed by atoms with Gasteiger partial charge >= 0.3 is 0 Å². The maximum Gasteiger partial charge on any atom is 0.0203 e. The van der Waals surface area contributed by atoms with E-state index in [1.165, 1.54) is 19.4 Å². The first-order valence-electron chi connectivity index (χ1n) is 4.51. The Morgan fingerprint density at radius 3 is 1.92 bits per heavy atom. The molecule has 0 aromatic rings. The molecule has 1 saturated carbocycles. The van der Waals surface area contributed by atoms with Gasteiger partial charge in [-0.2, -0.15) is 0 Å². The SMILES string of the molecule is CCN(SC)C1CC1.NCCN. The minimum atomic E-state index is 0.597. The highest BCUT2D eigenvalue weighted by Gasteiger charge is 2.26. The molecule has 0 bridgehead atoms. The van der Waals surface area contributed by atoms with Crippen molar-refractivity contribution in [2.75, 3.05) is 25.9 Å². The van der Waals surface area contributed by atoms with Crippen molar-refractivity contribution in [1.29, 1.82) is 0 Å². The number of hydrogen-bond donors (Lipinski definition) is 2. The molecule has 4 N–H and O–H groups in total. The minimum absolute atomic E-state index is 0.597.